The largest absolute Gasteiger partial charge is 0.478 e. The summed E-state index contributed by atoms with van der Waals surface area (Å²) in [6.45, 7) is 0. The Morgan fingerprint density at radius 2 is 0.923 bits per heavy atom. The van der Waals surface area contributed by atoms with Crippen LogP contribution < -0.4 is 0 Å². The summed E-state index contributed by atoms with van der Waals surface area (Å²) in [5, 5.41) is 0. The molecule has 0 aromatic heterocycles. The van der Waals surface area contributed by atoms with Crippen LogP contribution in [-0.2, 0) is 30.5 Å². The number of hydrogen-bond donors (Lipinski definition) is 4. The molecule has 13 heavy (non-hydrogen) atoms. The molecule has 0 amide bonds. The zero-order chi connectivity index (χ0) is 7.71. The van der Waals surface area contributed by atoms with Crippen LogP contribution in [0.15, 0.2) is 0 Å². The van der Waals surface area contributed by atoms with Crippen LogP contribution in [0.5, 0.6) is 0 Å². The van der Waals surface area contributed by atoms with Crippen LogP contribution in [0, 0.1) is 0 Å². The SMILES string of the molecule is O.O.O.O=P(O)(O)OP(=O)(O)O.[Cu]. The maximum absolute atomic E-state index is 9.63. The van der Waals surface area contributed by atoms with E-state index in [9.17, 15) is 9.13 Å². The van der Waals surface area contributed by atoms with Crippen molar-refractivity contribution in [1.29, 1.82) is 0 Å². The minimum atomic E-state index is -5.05. The van der Waals surface area contributed by atoms with Crippen LogP contribution in [0.25, 0.3) is 0 Å². The van der Waals surface area contributed by atoms with E-state index in [1.165, 1.54) is 0 Å². The predicted octanol–water partition coefficient (Wildman–Crippen LogP) is -3.29. The normalized spacial score (nSPS) is 9.54. The molecule has 0 unspecified atom stereocenters. The van der Waals surface area contributed by atoms with Gasteiger partial charge in [0.25, 0.3) is 0 Å². The standard InChI is InChI=1S/Cu.H4O7P2.3H2O/c;1-8(2,3)7-9(4,5)6;;;/h;(H2,1,2,3)(H2,4,5,6);3*1H2. The molecular weight excluding hydrogens is 285 g/mol. The molecule has 91 valence electrons. The molecular formula is H10CuO10P2. The summed E-state index contributed by atoms with van der Waals surface area (Å²) in [5.74, 6) is 0. The van der Waals surface area contributed by atoms with Crippen LogP contribution in [-0.4, -0.2) is 36.0 Å². The first-order valence-corrected chi connectivity index (χ1v) is 4.59. The first-order chi connectivity index (χ1) is 3.71. The van der Waals surface area contributed by atoms with Gasteiger partial charge in [0.05, 0.1) is 0 Å². The fraction of sp³-hybridized carbons (Fsp3) is 0. The molecule has 0 atom stereocenters. The molecule has 0 saturated carbocycles. The van der Waals surface area contributed by atoms with Crippen molar-refractivity contribution in [3.63, 3.8) is 0 Å². The fourth-order valence-electron chi connectivity index (χ4n) is 0.139. The summed E-state index contributed by atoms with van der Waals surface area (Å²) in [6.07, 6.45) is 0. The summed E-state index contributed by atoms with van der Waals surface area (Å²) in [6, 6.07) is 0. The molecule has 0 aromatic carbocycles. The van der Waals surface area contributed by atoms with Crippen molar-refractivity contribution in [2.45, 2.75) is 0 Å². The molecule has 0 aromatic rings. The second-order valence-corrected chi connectivity index (χ2v) is 3.68. The Kier molecular flexibility index (Phi) is 20.7. The minimum Gasteiger partial charge on any atom is -0.412 e. The molecule has 0 spiro atoms. The first kappa shape index (κ1) is 29.2. The number of rotatable bonds is 2. The predicted molar refractivity (Wildman–Crippen MR) is 36.0 cm³/mol. The van der Waals surface area contributed by atoms with Gasteiger partial charge in [-0.15, -0.1) is 0 Å². The number of hydrogen-bond acceptors (Lipinski definition) is 3. The molecule has 0 heterocycles. The van der Waals surface area contributed by atoms with E-state index in [0.717, 1.165) is 0 Å². The van der Waals surface area contributed by atoms with Crippen LogP contribution in [0.2, 0.25) is 0 Å². The van der Waals surface area contributed by atoms with Gasteiger partial charge in [-0.05, 0) is 0 Å². The van der Waals surface area contributed by atoms with Gasteiger partial charge in [0.2, 0.25) is 0 Å². The molecule has 0 saturated heterocycles. The third kappa shape index (κ3) is 32.4. The molecule has 10 N–H and O–H groups in total. The van der Waals surface area contributed by atoms with Crippen molar-refractivity contribution in [2.24, 2.45) is 0 Å². The Labute approximate surface area is 82.8 Å². The minimum absolute atomic E-state index is 0. The molecule has 0 aliphatic carbocycles. The van der Waals surface area contributed by atoms with Gasteiger partial charge < -0.3 is 36.0 Å². The van der Waals surface area contributed by atoms with E-state index in [-0.39, 0.29) is 33.5 Å². The van der Waals surface area contributed by atoms with Crippen molar-refractivity contribution in [3.8, 4) is 0 Å². The van der Waals surface area contributed by atoms with Gasteiger partial charge >= 0.3 is 15.6 Å². The second-order valence-electron chi connectivity index (χ2n) is 1.06. The Balaban J connectivity index is -0.0000000533. The van der Waals surface area contributed by atoms with Crippen LogP contribution in [0.4, 0.5) is 0 Å². The summed E-state index contributed by atoms with van der Waals surface area (Å²) in [7, 11) is -10.1. The van der Waals surface area contributed by atoms with Crippen molar-refractivity contribution >= 4 is 15.6 Å². The molecule has 10 nitrogen and oxygen atoms in total. The van der Waals surface area contributed by atoms with E-state index in [4.69, 9.17) is 19.6 Å². The quantitative estimate of drug-likeness (QED) is 0.300. The maximum atomic E-state index is 9.63. The molecule has 0 rings (SSSR count). The van der Waals surface area contributed by atoms with E-state index >= 15 is 0 Å². The van der Waals surface area contributed by atoms with E-state index in [1.807, 2.05) is 0 Å². The van der Waals surface area contributed by atoms with Crippen molar-refractivity contribution in [2.75, 3.05) is 0 Å². The van der Waals surface area contributed by atoms with Crippen molar-refractivity contribution < 1.29 is 66.5 Å². The van der Waals surface area contributed by atoms with Gasteiger partial charge in [0.15, 0.2) is 0 Å². The zero-order valence-electron chi connectivity index (χ0n) is 5.71. The number of phosphoric acid groups is 2. The topological polar surface area (TPSA) is 219 Å². The maximum Gasteiger partial charge on any atom is 0.478 e. The van der Waals surface area contributed by atoms with E-state index in [2.05, 4.69) is 4.31 Å². The van der Waals surface area contributed by atoms with Crippen molar-refractivity contribution in [1.82, 2.24) is 0 Å². The van der Waals surface area contributed by atoms with Crippen molar-refractivity contribution in [3.05, 3.63) is 0 Å². The monoisotopic (exact) mass is 295 g/mol. The summed E-state index contributed by atoms with van der Waals surface area (Å²) in [4.78, 5) is 31.0. The smallest absolute Gasteiger partial charge is 0.412 e. The molecule has 13 heteroatoms. The molecule has 0 aliphatic heterocycles. The second kappa shape index (κ2) is 9.22. The van der Waals surface area contributed by atoms with Gasteiger partial charge in [-0.2, -0.15) is 4.31 Å². The van der Waals surface area contributed by atoms with Crippen LogP contribution in [0.3, 0.4) is 0 Å². The van der Waals surface area contributed by atoms with Gasteiger partial charge in [-0.1, -0.05) is 0 Å². The Bertz CT molecular complexity index is 153. The Morgan fingerprint density at radius 3 is 0.923 bits per heavy atom. The van der Waals surface area contributed by atoms with E-state index in [1.54, 1.807) is 0 Å². The van der Waals surface area contributed by atoms with Crippen LogP contribution >= 0.6 is 15.6 Å². The molecule has 1 radical (unpaired) electrons. The van der Waals surface area contributed by atoms with Gasteiger partial charge in [0, 0.05) is 17.1 Å². The molecule has 0 bridgehead atoms. The summed E-state index contributed by atoms with van der Waals surface area (Å²) >= 11 is 0. The summed E-state index contributed by atoms with van der Waals surface area (Å²) in [5.41, 5.74) is 0. The molecule has 0 fully saturated rings. The average Bonchev–Trinajstić information content (AvgIpc) is 1.14. The third-order valence-electron chi connectivity index (χ3n) is 0.213. The Hall–Kier alpha value is 0.659. The average molecular weight is 296 g/mol. The Morgan fingerprint density at radius 1 is 0.769 bits per heavy atom. The van der Waals surface area contributed by atoms with Gasteiger partial charge in [-0.3, -0.25) is 0 Å². The van der Waals surface area contributed by atoms with E-state index in [0.29, 0.717) is 0 Å². The first-order valence-electron chi connectivity index (χ1n) is 1.53. The van der Waals surface area contributed by atoms with E-state index < -0.39 is 15.6 Å². The van der Waals surface area contributed by atoms with Gasteiger partial charge in [-0.25, -0.2) is 9.13 Å². The van der Waals surface area contributed by atoms with Gasteiger partial charge in [0.1, 0.15) is 0 Å². The zero-order valence-corrected chi connectivity index (χ0v) is 8.44. The fourth-order valence-corrected chi connectivity index (χ4v) is 1.25. The molecule has 0 aliphatic rings. The summed E-state index contributed by atoms with van der Waals surface area (Å²) < 4.78 is 22.2. The third-order valence-corrected chi connectivity index (χ3v) is 1.91. The van der Waals surface area contributed by atoms with Crippen LogP contribution in [0.1, 0.15) is 0 Å².